The van der Waals surface area contributed by atoms with E-state index in [0.29, 0.717) is 0 Å². The average Bonchev–Trinajstić information content (AvgIpc) is 3.07. The normalized spacial score (nSPS) is 16.0. The van der Waals surface area contributed by atoms with Gasteiger partial charge in [0.15, 0.2) is 0 Å². The molecule has 1 N–H and O–H groups in total. The van der Waals surface area contributed by atoms with Gasteiger partial charge in [0.2, 0.25) is 0 Å². The first-order valence-electron chi connectivity index (χ1n) is 10.2. The van der Waals surface area contributed by atoms with Gasteiger partial charge in [0.05, 0.1) is 34.0 Å². The molecule has 31 heavy (non-hydrogen) atoms. The van der Waals surface area contributed by atoms with Crippen LogP contribution in [0.25, 0.3) is 16.0 Å². The van der Waals surface area contributed by atoms with Crippen molar-refractivity contribution in [2.24, 2.45) is 0 Å². The summed E-state index contributed by atoms with van der Waals surface area (Å²) in [6.07, 6.45) is 0. The van der Waals surface area contributed by atoms with Gasteiger partial charge >= 0.3 is 5.54 Å². The van der Waals surface area contributed by atoms with Gasteiger partial charge in [0.25, 0.3) is 0 Å². The van der Waals surface area contributed by atoms with Gasteiger partial charge in [-0.3, -0.25) is 4.85 Å². The molecule has 1 aliphatic rings. The molecule has 1 aliphatic carbocycles. The summed E-state index contributed by atoms with van der Waals surface area (Å²) in [4.78, 5) is 4.28. The highest BCUT2D eigenvalue weighted by Crippen LogP contribution is 2.55. The molecule has 0 aliphatic heterocycles. The van der Waals surface area contributed by atoms with E-state index >= 15 is 0 Å². The number of ether oxygens (including phenoxy) is 1. The molecular weight excluding hydrogens is 404 g/mol. The van der Waals surface area contributed by atoms with Crippen molar-refractivity contribution in [1.82, 2.24) is 4.72 Å². The van der Waals surface area contributed by atoms with Crippen LogP contribution in [0.3, 0.4) is 0 Å². The van der Waals surface area contributed by atoms with E-state index in [0.717, 1.165) is 33.6 Å². The zero-order valence-corrected chi connectivity index (χ0v) is 19.0. The fourth-order valence-corrected chi connectivity index (χ4v) is 5.09. The first kappa shape index (κ1) is 21.3. The lowest BCUT2D eigenvalue weighted by Crippen LogP contribution is -2.44. The Kier molecular flexibility index (Phi) is 5.47. The van der Waals surface area contributed by atoms with Crippen LogP contribution in [0.5, 0.6) is 5.75 Å². The predicted octanol–water partition coefficient (Wildman–Crippen LogP) is 5.63. The van der Waals surface area contributed by atoms with Crippen molar-refractivity contribution in [2.45, 2.75) is 37.1 Å². The van der Waals surface area contributed by atoms with Crippen molar-refractivity contribution in [3.63, 3.8) is 0 Å². The van der Waals surface area contributed by atoms with Crippen molar-refractivity contribution < 1.29 is 8.95 Å². The third-order valence-corrected chi connectivity index (χ3v) is 7.35. The molecule has 0 aromatic heterocycles. The summed E-state index contributed by atoms with van der Waals surface area (Å²) in [5.74, 6) is 0.739. The highest BCUT2D eigenvalue weighted by atomic mass is 32.2. The van der Waals surface area contributed by atoms with Crippen molar-refractivity contribution in [3.8, 4) is 16.9 Å². The van der Waals surface area contributed by atoms with Crippen LogP contribution in [0.15, 0.2) is 72.8 Å². The smallest absolute Gasteiger partial charge is 0.303 e. The van der Waals surface area contributed by atoms with Crippen molar-refractivity contribution >= 4 is 11.0 Å². The lowest BCUT2D eigenvalue weighted by atomic mass is 9.78. The van der Waals surface area contributed by atoms with E-state index in [2.05, 4.69) is 21.7 Å². The fourth-order valence-electron chi connectivity index (χ4n) is 4.22. The Balaban J connectivity index is 1.98. The van der Waals surface area contributed by atoms with Gasteiger partial charge in [0.1, 0.15) is 11.8 Å². The summed E-state index contributed by atoms with van der Waals surface area (Å²) in [6, 6.07) is 23.3. The summed E-state index contributed by atoms with van der Waals surface area (Å²) < 4.78 is 21.5. The van der Waals surface area contributed by atoms with Gasteiger partial charge in [-0.1, -0.05) is 48.5 Å². The number of benzene rings is 3. The van der Waals surface area contributed by atoms with Crippen LogP contribution in [-0.4, -0.2) is 16.1 Å². The van der Waals surface area contributed by atoms with Gasteiger partial charge in [-0.15, -0.1) is 0 Å². The Bertz CT molecular complexity index is 1130. The second-order valence-electron chi connectivity index (χ2n) is 8.67. The van der Waals surface area contributed by atoms with Gasteiger partial charge in [0, 0.05) is 0 Å². The molecule has 0 saturated heterocycles. The molecule has 0 bridgehead atoms. The van der Waals surface area contributed by atoms with Gasteiger partial charge in [-0.25, -0.2) is 15.5 Å². The predicted molar refractivity (Wildman–Crippen MR) is 126 cm³/mol. The lowest BCUT2D eigenvalue weighted by Gasteiger charge is -2.32. The van der Waals surface area contributed by atoms with E-state index in [9.17, 15) is 4.21 Å². The molecule has 0 saturated carbocycles. The third kappa shape index (κ3) is 3.46. The largest absolute Gasteiger partial charge is 0.497 e. The van der Waals surface area contributed by atoms with E-state index in [4.69, 9.17) is 11.3 Å². The van der Waals surface area contributed by atoms with E-state index in [-0.39, 0.29) is 0 Å². The summed E-state index contributed by atoms with van der Waals surface area (Å²) in [5, 5.41) is 0. The zero-order valence-electron chi connectivity index (χ0n) is 18.2. The topological polar surface area (TPSA) is 42.7 Å². The molecule has 3 aromatic rings. The van der Waals surface area contributed by atoms with Gasteiger partial charge < -0.3 is 4.74 Å². The molecule has 4 rings (SSSR count). The lowest BCUT2D eigenvalue weighted by molar-refractivity contribution is 0.413. The number of fused-ring (bicyclic) bond motifs is 3. The molecular formula is C26H26N2O2S. The highest BCUT2D eigenvalue weighted by molar-refractivity contribution is 7.84. The molecule has 1 unspecified atom stereocenters. The fraction of sp³-hybridized carbons (Fsp3) is 0.269. The number of hydrogen-bond donors (Lipinski definition) is 1. The van der Waals surface area contributed by atoms with Crippen LogP contribution < -0.4 is 9.46 Å². The zero-order chi connectivity index (χ0) is 22.2. The molecule has 5 heteroatoms. The molecule has 0 amide bonds. The minimum absolute atomic E-state index is 0.481. The number of hydrogen-bond acceptors (Lipinski definition) is 2. The second kappa shape index (κ2) is 7.96. The summed E-state index contributed by atoms with van der Waals surface area (Å²) in [7, 11) is 0.252. The van der Waals surface area contributed by atoms with Crippen LogP contribution in [0, 0.1) is 6.57 Å². The molecule has 0 radical (unpaired) electrons. The number of nitrogens with zero attached hydrogens (tertiary/aromatic N) is 1. The molecule has 0 spiro atoms. The van der Waals surface area contributed by atoms with Crippen LogP contribution >= 0.6 is 0 Å². The Labute approximate surface area is 186 Å². The quantitative estimate of drug-likeness (QED) is 0.533. The standard InChI is InChI=1S/C26H26N2O2S/c1-25(2,3)31(29)28-24(18-14-16-19(30-5)17-15-18)26(27-4)22-12-8-6-10-20(22)21-11-7-9-13-23(21)26/h6-17,24,28H,1-3,5H3/t24-,31?/m0/s1. The molecule has 3 aromatic carbocycles. The maximum atomic E-state index is 13.3. The second-order valence-corrected chi connectivity index (χ2v) is 10.7. The molecule has 158 valence electrons. The third-order valence-electron chi connectivity index (χ3n) is 5.79. The minimum Gasteiger partial charge on any atom is -0.497 e. The molecule has 2 atom stereocenters. The van der Waals surface area contributed by atoms with E-state index in [1.165, 1.54) is 0 Å². The van der Waals surface area contributed by atoms with Crippen molar-refractivity contribution in [1.29, 1.82) is 0 Å². The van der Waals surface area contributed by atoms with E-state index < -0.39 is 27.3 Å². The Morgan fingerprint density at radius 3 is 1.90 bits per heavy atom. The Morgan fingerprint density at radius 1 is 0.935 bits per heavy atom. The summed E-state index contributed by atoms with van der Waals surface area (Å²) in [5.41, 5.74) is 3.83. The van der Waals surface area contributed by atoms with Crippen LogP contribution in [0.4, 0.5) is 0 Å². The highest BCUT2D eigenvalue weighted by Gasteiger charge is 2.57. The SMILES string of the molecule is [C-]#[N+]C1([C@@H](NS(=O)C(C)(C)C)c2ccc(OC)cc2)c2ccccc2-c2ccccc21. The first-order valence-corrected chi connectivity index (χ1v) is 11.4. The summed E-state index contributed by atoms with van der Waals surface area (Å²) in [6.45, 7) is 14.2. The average molecular weight is 431 g/mol. The molecule has 4 nitrogen and oxygen atoms in total. The monoisotopic (exact) mass is 430 g/mol. The molecule has 0 fully saturated rings. The van der Waals surface area contributed by atoms with Crippen LogP contribution in [-0.2, 0) is 16.5 Å². The van der Waals surface area contributed by atoms with Crippen LogP contribution in [0.2, 0.25) is 0 Å². The maximum absolute atomic E-state index is 13.3. The first-order chi connectivity index (χ1) is 14.8. The van der Waals surface area contributed by atoms with Gasteiger partial charge in [-0.05, 0) is 61.7 Å². The Hall–Kier alpha value is -2.94. The number of methoxy groups -OCH3 is 1. The minimum atomic E-state index is -1.38. The van der Waals surface area contributed by atoms with Crippen LogP contribution in [0.1, 0.15) is 43.5 Å². The van der Waals surface area contributed by atoms with Crippen molar-refractivity contribution in [2.75, 3.05) is 7.11 Å². The van der Waals surface area contributed by atoms with E-state index in [1.807, 2.05) is 81.4 Å². The van der Waals surface area contributed by atoms with Crippen molar-refractivity contribution in [3.05, 3.63) is 101 Å². The summed E-state index contributed by atoms with van der Waals surface area (Å²) >= 11 is 0. The number of nitrogens with one attached hydrogen (secondary N) is 1. The Morgan fingerprint density at radius 2 is 1.45 bits per heavy atom. The van der Waals surface area contributed by atoms with Gasteiger partial charge in [-0.2, -0.15) is 0 Å². The molecule has 0 heterocycles. The number of rotatable bonds is 5. The maximum Gasteiger partial charge on any atom is 0.303 e. The van der Waals surface area contributed by atoms with E-state index in [1.54, 1.807) is 7.11 Å².